The molecule has 0 heterocycles. The molecule has 21 heavy (non-hydrogen) atoms. The minimum atomic E-state index is -1.25. The first-order valence-corrected chi connectivity index (χ1v) is 7.72. The van der Waals surface area contributed by atoms with Gasteiger partial charge in [-0.05, 0) is 50.0 Å². The largest absolute Gasteiger partial charge is 0.479 e. The molecule has 0 rings (SSSR count). The number of rotatable bonds is 10. The third kappa shape index (κ3) is 14.5. The Hall–Kier alpha value is -1.71. The highest BCUT2D eigenvalue weighted by atomic mass is 16.4. The first-order chi connectivity index (χ1) is 10.2. The van der Waals surface area contributed by atoms with Crippen LogP contribution in [0.1, 0.15) is 64.7 Å². The van der Waals surface area contributed by atoms with Gasteiger partial charge in [0.15, 0.2) is 6.10 Å². The molecule has 3 nitrogen and oxygen atoms in total. The average Bonchev–Trinajstić information content (AvgIpc) is 2.47. The quantitative estimate of drug-likeness (QED) is 0.478. The number of allylic oxidation sites excluding steroid dienone is 2. The summed E-state index contributed by atoms with van der Waals surface area (Å²) in [6.07, 6.45) is 11.2. The van der Waals surface area contributed by atoms with E-state index in [0.29, 0.717) is 12.8 Å². The second-order valence-electron chi connectivity index (χ2n) is 4.92. The molecule has 1 unspecified atom stereocenters. The fourth-order valence-electron chi connectivity index (χ4n) is 1.69. The molecular formula is C18H26O3. The second-order valence-corrected chi connectivity index (χ2v) is 4.92. The molecule has 0 aliphatic rings. The second kappa shape index (κ2) is 14.7. The van der Waals surface area contributed by atoms with Crippen molar-refractivity contribution in [3.8, 4) is 23.7 Å². The molecule has 0 saturated heterocycles. The van der Waals surface area contributed by atoms with Gasteiger partial charge < -0.3 is 10.2 Å². The van der Waals surface area contributed by atoms with E-state index < -0.39 is 12.1 Å². The zero-order chi connectivity index (χ0) is 15.8. The number of unbranched alkanes of at least 4 members (excludes halogenated alkanes) is 6. The van der Waals surface area contributed by atoms with Crippen LogP contribution in [0, 0.1) is 23.7 Å². The summed E-state index contributed by atoms with van der Waals surface area (Å²) in [5.74, 6) is 10.2. The van der Waals surface area contributed by atoms with Crippen molar-refractivity contribution in [2.45, 2.75) is 70.8 Å². The van der Waals surface area contributed by atoms with Gasteiger partial charge in [-0.3, -0.25) is 0 Å². The number of hydrogen-bond acceptors (Lipinski definition) is 2. The SMILES string of the molecule is CCCCCC/C=C\C#CC#CCCCCC(O)C(=O)O. The summed E-state index contributed by atoms with van der Waals surface area (Å²) >= 11 is 0. The first-order valence-electron chi connectivity index (χ1n) is 7.72. The van der Waals surface area contributed by atoms with Gasteiger partial charge in [-0.15, -0.1) is 0 Å². The lowest BCUT2D eigenvalue weighted by Gasteiger charge is -2.02. The van der Waals surface area contributed by atoms with Crippen molar-refractivity contribution < 1.29 is 15.0 Å². The molecule has 0 aliphatic heterocycles. The minimum Gasteiger partial charge on any atom is -0.479 e. The topological polar surface area (TPSA) is 57.5 Å². The van der Waals surface area contributed by atoms with Crippen molar-refractivity contribution >= 4 is 5.97 Å². The van der Waals surface area contributed by atoms with E-state index in [2.05, 4.69) is 36.7 Å². The summed E-state index contributed by atoms with van der Waals surface area (Å²) in [4.78, 5) is 10.4. The smallest absolute Gasteiger partial charge is 0.332 e. The molecule has 0 aromatic carbocycles. The van der Waals surface area contributed by atoms with E-state index in [1.807, 2.05) is 6.08 Å². The zero-order valence-corrected chi connectivity index (χ0v) is 12.9. The highest BCUT2D eigenvalue weighted by Crippen LogP contribution is 2.03. The molecule has 0 radical (unpaired) electrons. The number of aliphatic hydroxyl groups is 1. The monoisotopic (exact) mass is 290 g/mol. The maximum absolute atomic E-state index is 10.4. The highest BCUT2D eigenvalue weighted by molar-refractivity contribution is 5.71. The Bertz CT molecular complexity index is 415. The molecule has 3 heteroatoms. The van der Waals surface area contributed by atoms with Crippen molar-refractivity contribution in [2.75, 3.05) is 0 Å². The lowest BCUT2D eigenvalue weighted by atomic mass is 10.1. The Balaban J connectivity index is 3.55. The van der Waals surface area contributed by atoms with E-state index in [1.165, 1.54) is 25.7 Å². The van der Waals surface area contributed by atoms with Crippen LogP contribution in [0.25, 0.3) is 0 Å². The van der Waals surface area contributed by atoms with Crippen LogP contribution in [-0.2, 0) is 4.79 Å². The number of carbonyl (C=O) groups is 1. The average molecular weight is 290 g/mol. The summed E-state index contributed by atoms with van der Waals surface area (Å²) in [5, 5.41) is 17.5. The maximum atomic E-state index is 10.4. The molecule has 0 saturated carbocycles. The van der Waals surface area contributed by atoms with Crippen molar-refractivity contribution in [1.29, 1.82) is 0 Å². The van der Waals surface area contributed by atoms with Gasteiger partial charge in [0.25, 0.3) is 0 Å². The Morgan fingerprint density at radius 1 is 1.14 bits per heavy atom. The molecule has 0 aromatic rings. The van der Waals surface area contributed by atoms with Crippen LogP contribution in [0.4, 0.5) is 0 Å². The third-order valence-electron chi connectivity index (χ3n) is 2.96. The van der Waals surface area contributed by atoms with Crippen LogP contribution in [0.5, 0.6) is 0 Å². The molecule has 0 aromatic heterocycles. The van der Waals surface area contributed by atoms with Gasteiger partial charge in [-0.1, -0.05) is 44.1 Å². The van der Waals surface area contributed by atoms with E-state index in [9.17, 15) is 4.79 Å². The number of carboxylic acid groups (broad SMARTS) is 1. The molecule has 0 spiro atoms. The molecule has 1 atom stereocenters. The summed E-state index contributed by atoms with van der Waals surface area (Å²) in [6, 6.07) is 0. The van der Waals surface area contributed by atoms with Gasteiger partial charge in [0.1, 0.15) is 0 Å². The molecule has 2 N–H and O–H groups in total. The normalized spacial score (nSPS) is 11.3. The van der Waals surface area contributed by atoms with Crippen LogP contribution < -0.4 is 0 Å². The highest BCUT2D eigenvalue weighted by Gasteiger charge is 2.11. The fourth-order valence-corrected chi connectivity index (χ4v) is 1.69. The van der Waals surface area contributed by atoms with Crippen LogP contribution in [-0.4, -0.2) is 22.3 Å². The van der Waals surface area contributed by atoms with Crippen LogP contribution in [0.2, 0.25) is 0 Å². The van der Waals surface area contributed by atoms with E-state index in [-0.39, 0.29) is 6.42 Å². The molecule has 0 fully saturated rings. The Morgan fingerprint density at radius 2 is 1.95 bits per heavy atom. The Kier molecular flexibility index (Phi) is 13.5. The molecule has 0 bridgehead atoms. The maximum Gasteiger partial charge on any atom is 0.332 e. The number of hydrogen-bond donors (Lipinski definition) is 2. The summed E-state index contributed by atoms with van der Waals surface area (Å²) in [5.41, 5.74) is 0. The lowest BCUT2D eigenvalue weighted by Crippen LogP contribution is -2.18. The van der Waals surface area contributed by atoms with E-state index >= 15 is 0 Å². The van der Waals surface area contributed by atoms with Crippen LogP contribution in [0.15, 0.2) is 12.2 Å². The van der Waals surface area contributed by atoms with Gasteiger partial charge in [0.05, 0.1) is 0 Å². The fraction of sp³-hybridized carbons (Fsp3) is 0.611. The van der Waals surface area contributed by atoms with Gasteiger partial charge in [-0.25, -0.2) is 4.79 Å². The molecule has 0 amide bonds. The molecule has 0 aliphatic carbocycles. The van der Waals surface area contributed by atoms with Crippen LogP contribution >= 0.6 is 0 Å². The van der Waals surface area contributed by atoms with Gasteiger partial charge in [0, 0.05) is 6.42 Å². The Morgan fingerprint density at radius 3 is 2.67 bits per heavy atom. The Labute approximate surface area is 128 Å². The first kappa shape index (κ1) is 19.3. The lowest BCUT2D eigenvalue weighted by molar-refractivity contribution is -0.146. The van der Waals surface area contributed by atoms with Crippen molar-refractivity contribution in [1.82, 2.24) is 0 Å². The van der Waals surface area contributed by atoms with Crippen molar-refractivity contribution in [3.63, 3.8) is 0 Å². The van der Waals surface area contributed by atoms with Gasteiger partial charge in [-0.2, -0.15) is 0 Å². The summed E-state index contributed by atoms with van der Waals surface area (Å²) in [7, 11) is 0. The molecule has 116 valence electrons. The zero-order valence-electron chi connectivity index (χ0n) is 12.9. The van der Waals surface area contributed by atoms with Crippen LogP contribution in [0.3, 0.4) is 0 Å². The van der Waals surface area contributed by atoms with E-state index in [4.69, 9.17) is 10.2 Å². The number of carboxylic acids is 1. The summed E-state index contributed by atoms with van der Waals surface area (Å²) < 4.78 is 0. The summed E-state index contributed by atoms with van der Waals surface area (Å²) in [6.45, 7) is 2.20. The third-order valence-corrected chi connectivity index (χ3v) is 2.96. The minimum absolute atomic E-state index is 0.281. The number of aliphatic carboxylic acids is 1. The van der Waals surface area contributed by atoms with E-state index in [1.54, 1.807) is 0 Å². The van der Waals surface area contributed by atoms with Crippen molar-refractivity contribution in [2.24, 2.45) is 0 Å². The predicted molar refractivity (Wildman–Crippen MR) is 85.6 cm³/mol. The predicted octanol–water partition coefficient (Wildman–Crippen LogP) is 3.53. The van der Waals surface area contributed by atoms with E-state index in [0.717, 1.165) is 12.8 Å². The number of aliphatic hydroxyl groups excluding tert-OH is 1. The van der Waals surface area contributed by atoms with Gasteiger partial charge in [0.2, 0.25) is 0 Å². The van der Waals surface area contributed by atoms with Crippen molar-refractivity contribution in [3.05, 3.63) is 12.2 Å². The standard InChI is InChI=1S/C18H26O3/c1-2-3-4-5-6-7-8-9-10-11-12-13-14-15-16-17(19)18(20)21/h7-8,17,19H,2-6,13-16H2,1H3,(H,20,21)/b8-7-. The van der Waals surface area contributed by atoms with Gasteiger partial charge >= 0.3 is 5.97 Å². The molecular weight excluding hydrogens is 264 g/mol.